The molecule has 4 rings (SSSR count). The molecule has 2 saturated carbocycles. The third kappa shape index (κ3) is 1.29. The lowest BCUT2D eigenvalue weighted by Gasteiger charge is -2.53. The van der Waals surface area contributed by atoms with Gasteiger partial charge in [0.15, 0.2) is 0 Å². The molecule has 5 unspecified atom stereocenters. The van der Waals surface area contributed by atoms with Crippen LogP contribution in [0.1, 0.15) is 52.4 Å². The molecular formula is C15H26N2. The van der Waals surface area contributed by atoms with Crippen molar-refractivity contribution in [3.05, 3.63) is 0 Å². The van der Waals surface area contributed by atoms with Gasteiger partial charge in [-0.2, -0.15) is 0 Å². The van der Waals surface area contributed by atoms with Gasteiger partial charge in [0.2, 0.25) is 0 Å². The molecule has 0 aromatic heterocycles. The number of nitrogens with one attached hydrogen (secondary N) is 2. The molecule has 2 aliphatic heterocycles. The standard InChI is InChI=1S/C15H26N2/c1-10-14(5-6-14)9-13(17-10)12-3-4-15(12)7-8-16-11(15)2/h10-13,16-17H,3-9H2,1-2H3. The zero-order valence-corrected chi connectivity index (χ0v) is 11.3. The van der Waals surface area contributed by atoms with Crippen LogP contribution in [0.15, 0.2) is 0 Å². The van der Waals surface area contributed by atoms with Crippen LogP contribution in [0.25, 0.3) is 0 Å². The highest BCUT2D eigenvalue weighted by Gasteiger charge is 2.61. The molecule has 2 heterocycles. The normalized spacial score (nSPS) is 55.4. The first-order valence-corrected chi connectivity index (χ1v) is 7.66. The fourth-order valence-corrected chi connectivity index (χ4v) is 5.30. The Balaban J connectivity index is 1.53. The Hall–Kier alpha value is -0.0800. The maximum Gasteiger partial charge on any atom is 0.0110 e. The van der Waals surface area contributed by atoms with Crippen molar-refractivity contribution >= 4 is 0 Å². The molecule has 4 aliphatic rings. The van der Waals surface area contributed by atoms with E-state index in [-0.39, 0.29) is 0 Å². The molecule has 17 heavy (non-hydrogen) atoms. The molecule has 0 aromatic rings. The minimum atomic E-state index is 0.664. The molecule has 5 atom stereocenters. The molecule has 2 saturated heterocycles. The molecule has 0 bridgehead atoms. The Kier molecular flexibility index (Phi) is 2.08. The van der Waals surface area contributed by atoms with E-state index in [0.29, 0.717) is 5.41 Å². The first kappa shape index (κ1) is 10.8. The van der Waals surface area contributed by atoms with Gasteiger partial charge in [-0.1, -0.05) is 0 Å². The number of hydrogen-bond acceptors (Lipinski definition) is 2. The van der Waals surface area contributed by atoms with Crippen LogP contribution in [0, 0.1) is 16.7 Å². The molecule has 0 aromatic carbocycles. The summed E-state index contributed by atoms with van der Waals surface area (Å²) in [5.41, 5.74) is 1.40. The highest BCUT2D eigenvalue weighted by atomic mass is 15.1. The summed E-state index contributed by atoms with van der Waals surface area (Å²) < 4.78 is 0. The molecular weight excluding hydrogens is 208 g/mol. The second kappa shape index (κ2) is 3.27. The van der Waals surface area contributed by atoms with Crippen LogP contribution < -0.4 is 10.6 Å². The van der Waals surface area contributed by atoms with Gasteiger partial charge >= 0.3 is 0 Å². The molecule has 2 N–H and O–H groups in total. The summed E-state index contributed by atoms with van der Waals surface area (Å²) in [4.78, 5) is 0. The lowest BCUT2D eigenvalue weighted by Crippen LogP contribution is -2.54. The quantitative estimate of drug-likeness (QED) is 0.727. The van der Waals surface area contributed by atoms with E-state index in [1.807, 2.05) is 0 Å². The molecule has 4 fully saturated rings. The van der Waals surface area contributed by atoms with Crippen molar-refractivity contribution < 1.29 is 0 Å². The molecule has 0 radical (unpaired) electrons. The van der Waals surface area contributed by atoms with E-state index in [4.69, 9.17) is 0 Å². The second-order valence-corrected chi connectivity index (χ2v) is 7.37. The Labute approximate surface area is 105 Å². The van der Waals surface area contributed by atoms with Crippen LogP contribution >= 0.6 is 0 Å². The average molecular weight is 234 g/mol. The second-order valence-electron chi connectivity index (χ2n) is 7.37. The summed E-state index contributed by atoms with van der Waals surface area (Å²) in [6.07, 6.45) is 8.85. The molecule has 2 nitrogen and oxygen atoms in total. The van der Waals surface area contributed by atoms with Gasteiger partial charge in [-0.3, -0.25) is 0 Å². The highest BCUT2D eigenvalue weighted by Crippen LogP contribution is 2.62. The average Bonchev–Trinajstić information content (AvgIpc) is 2.82. The van der Waals surface area contributed by atoms with Crippen LogP contribution in [0.3, 0.4) is 0 Å². The largest absolute Gasteiger partial charge is 0.314 e. The van der Waals surface area contributed by atoms with Crippen molar-refractivity contribution in [2.45, 2.75) is 70.5 Å². The van der Waals surface area contributed by atoms with Crippen LogP contribution in [-0.4, -0.2) is 24.7 Å². The van der Waals surface area contributed by atoms with Gasteiger partial charge in [-0.25, -0.2) is 0 Å². The van der Waals surface area contributed by atoms with Crippen molar-refractivity contribution in [2.24, 2.45) is 16.7 Å². The maximum absolute atomic E-state index is 3.95. The molecule has 2 aliphatic carbocycles. The Morgan fingerprint density at radius 1 is 1.00 bits per heavy atom. The third-order valence-corrected chi connectivity index (χ3v) is 6.95. The smallest absolute Gasteiger partial charge is 0.0110 e. The van der Waals surface area contributed by atoms with E-state index in [1.165, 1.54) is 45.1 Å². The van der Waals surface area contributed by atoms with E-state index >= 15 is 0 Å². The lowest BCUT2D eigenvalue weighted by atomic mass is 9.54. The van der Waals surface area contributed by atoms with E-state index < -0.39 is 0 Å². The zero-order valence-electron chi connectivity index (χ0n) is 11.3. The van der Waals surface area contributed by atoms with Gasteiger partial charge in [0.1, 0.15) is 0 Å². The summed E-state index contributed by atoms with van der Waals surface area (Å²) in [6.45, 7) is 6.10. The first-order valence-electron chi connectivity index (χ1n) is 7.66. The van der Waals surface area contributed by atoms with Gasteiger partial charge in [0.05, 0.1) is 0 Å². The minimum Gasteiger partial charge on any atom is -0.314 e. The predicted molar refractivity (Wildman–Crippen MR) is 69.9 cm³/mol. The summed E-state index contributed by atoms with van der Waals surface area (Å²) in [7, 11) is 0. The van der Waals surface area contributed by atoms with Gasteiger partial charge in [0.25, 0.3) is 0 Å². The highest BCUT2D eigenvalue weighted by molar-refractivity contribution is 5.15. The predicted octanol–water partition coefficient (Wildman–Crippen LogP) is 2.30. The van der Waals surface area contributed by atoms with Crippen LogP contribution in [-0.2, 0) is 0 Å². The van der Waals surface area contributed by atoms with E-state index in [0.717, 1.165) is 29.5 Å². The van der Waals surface area contributed by atoms with Gasteiger partial charge in [0, 0.05) is 18.1 Å². The molecule has 96 valence electrons. The fraction of sp³-hybridized carbons (Fsp3) is 1.00. The first-order chi connectivity index (χ1) is 8.16. The molecule has 0 amide bonds. The molecule has 2 heteroatoms. The van der Waals surface area contributed by atoms with Crippen molar-refractivity contribution in [1.29, 1.82) is 0 Å². The third-order valence-electron chi connectivity index (χ3n) is 6.95. The monoisotopic (exact) mass is 234 g/mol. The van der Waals surface area contributed by atoms with Gasteiger partial charge in [-0.15, -0.1) is 0 Å². The Morgan fingerprint density at radius 3 is 2.29 bits per heavy atom. The van der Waals surface area contributed by atoms with E-state index in [1.54, 1.807) is 0 Å². The minimum absolute atomic E-state index is 0.664. The summed E-state index contributed by atoms with van der Waals surface area (Å²) in [5.74, 6) is 0.968. The van der Waals surface area contributed by atoms with Crippen LogP contribution in [0.2, 0.25) is 0 Å². The SMILES string of the molecule is CC1NC(C2CCC23CCNC3C)CC12CC2. The maximum atomic E-state index is 3.95. The van der Waals surface area contributed by atoms with Gasteiger partial charge in [-0.05, 0) is 75.7 Å². The van der Waals surface area contributed by atoms with Crippen molar-refractivity contribution in [1.82, 2.24) is 10.6 Å². The Bertz CT molecular complexity index is 336. The van der Waals surface area contributed by atoms with Gasteiger partial charge < -0.3 is 10.6 Å². The number of hydrogen-bond donors (Lipinski definition) is 2. The summed E-state index contributed by atoms with van der Waals surface area (Å²) in [5, 5.41) is 7.64. The zero-order chi connectivity index (χ0) is 11.7. The summed E-state index contributed by atoms with van der Waals surface area (Å²) >= 11 is 0. The lowest BCUT2D eigenvalue weighted by molar-refractivity contribution is -0.00294. The molecule has 2 spiro atoms. The van der Waals surface area contributed by atoms with Crippen LogP contribution in [0.5, 0.6) is 0 Å². The Morgan fingerprint density at radius 2 is 1.82 bits per heavy atom. The van der Waals surface area contributed by atoms with Crippen molar-refractivity contribution in [3.63, 3.8) is 0 Å². The fourth-order valence-electron chi connectivity index (χ4n) is 5.30. The summed E-state index contributed by atoms with van der Waals surface area (Å²) in [6, 6.07) is 2.38. The van der Waals surface area contributed by atoms with E-state index in [9.17, 15) is 0 Å². The van der Waals surface area contributed by atoms with Crippen molar-refractivity contribution in [3.8, 4) is 0 Å². The number of rotatable bonds is 1. The van der Waals surface area contributed by atoms with E-state index in [2.05, 4.69) is 24.5 Å². The topological polar surface area (TPSA) is 24.1 Å². The van der Waals surface area contributed by atoms with Crippen LogP contribution in [0.4, 0.5) is 0 Å². The van der Waals surface area contributed by atoms with Crippen molar-refractivity contribution in [2.75, 3.05) is 6.54 Å².